The molecule has 0 unspecified atom stereocenters. The lowest BCUT2D eigenvalue weighted by Gasteiger charge is -2.27. The second kappa shape index (κ2) is 5.59. The van der Waals surface area contributed by atoms with Crippen LogP contribution in [0.15, 0.2) is 54.6 Å². The summed E-state index contributed by atoms with van der Waals surface area (Å²) in [7, 11) is 0. The van der Waals surface area contributed by atoms with Gasteiger partial charge >= 0.3 is 0 Å². The minimum Gasteiger partial charge on any atom is -0.363 e. The zero-order valence-corrected chi connectivity index (χ0v) is 14.2. The molecular weight excluding hydrogens is 308 g/mol. The fourth-order valence-corrected chi connectivity index (χ4v) is 3.96. The van der Waals surface area contributed by atoms with Crippen LogP contribution >= 0.6 is 0 Å². The number of fused-ring (bicyclic) bond motifs is 4. The van der Waals surface area contributed by atoms with E-state index in [4.69, 9.17) is 4.98 Å². The maximum Gasteiger partial charge on any atom is 0.158 e. The van der Waals surface area contributed by atoms with Crippen LogP contribution in [0.1, 0.15) is 35.7 Å². The molecule has 1 N–H and O–H groups in total. The van der Waals surface area contributed by atoms with E-state index in [2.05, 4.69) is 58.9 Å². The van der Waals surface area contributed by atoms with Crippen LogP contribution in [-0.2, 0) is 6.42 Å². The van der Waals surface area contributed by atoms with Gasteiger partial charge in [-0.05, 0) is 49.4 Å². The average Bonchev–Trinajstić information content (AvgIpc) is 3.03. The van der Waals surface area contributed by atoms with Gasteiger partial charge in [-0.3, -0.25) is 0 Å². The Morgan fingerprint density at radius 2 is 1.92 bits per heavy atom. The quantitative estimate of drug-likeness (QED) is 0.581. The van der Waals surface area contributed by atoms with Crippen LogP contribution in [0.4, 0.5) is 5.82 Å². The molecule has 0 bridgehead atoms. The first-order valence-electron chi connectivity index (χ1n) is 8.89. The van der Waals surface area contributed by atoms with E-state index in [-0.39, 0.29) is 0 Å². The van der Waals surface area contributed by atoms with Gasteiger partial charge in [-0.1, -0.05) is 36.4 Å². The van der Waals surface area contributed by atoms with E-state index >= 15 is 0 Å². The van der Waals surface area contributed by atoms with E-state index in [9.17, 15) is 0 Å². The minimum atomic E-state index is 0.312. The molecule has 0 saturated heterocycles. The van der Waals surface area contributed by atoms with E-state index in [1.807, 2.05) is 17.5 Å². The summed E-state index contributed by atoms with van der Waals surface area (Å²) < 4.78 is 1.94. The number of rotatable bonds is 2. The molecule has 0 saturated carbocycles. The van der Waals surface area contributed by atoms with Crippen molar-refractivity contribution in [3.05, 3.63) is 71.4 Å². The third-order valence-corrected chi connectivity index (χ3v) is 5.11. The molecule has 0 aliphatic heterocycles. The molecule has 1 aliphatic rings. The normalized spacial score (nSPS) is 16.9. The fraction of sp³-hybridized carbons (Fsp3) is 0.238. The van der Waals surface area contributed by atoms with Crippen LogP contribution in [0.2, 0.25) is 0 Å². The molecule has 25 heavy (non-hydrogen) atoms. The smallest absolute Gasteiger partial charge is 0.158 e. The van der Waals surface area contributed by atoms with Crippen LogP contribution in [0, 0.1) is 6.92 Å². The van der Waals surface area contributed by atoms with E-state index in [0.717, 1.165) is 34.5 Å². The number of hydrogen-bond acceptors (Lipinski definition) is 3. The second-order valence-corrected chi connectivity index (χ2v) is 6.82. The van der Waals surface area contributed by atoms with Gasteiger partial charge in [0.15, 0.2) is 5.65 Å². The Balaban J connectivity index is 1.66. The number of anilines is 1. The first kappa shape index (κ1) is 14.5. The third kappa shape index (κ3) is 2.37. The number of nitrogens with one attached hydrogen (secondary N) is 1. The number of aryl methyl sites for hydroxylation is 2. The third-order valence-electron chi connectivity index (χ3n) is 5.11. The van der Waals surface area contributed by atoms with Crippen molar-refractivity contribution in [2.24, 2.45) is 0 Å². The molecule has 1 atom stereocenters. The predicted octanol–water partition coefficient (Wildman–Crippen LogP) is 4.68. The van der Waals surface area contributed by atoms with Crippen molar-refractivity contribution in [3.8, 4) is 0 Å². The highest BCUT2D eigenvalue weighted by Crippen LogP contribution is 2.34. The van der Waals surface area contributed by atoms with Gasteiger partial charge in [0, 0.05) is 11.5 Å². The van der Waals surface area contributed by atoms with Crippen molar-refractivity contribution in [3.63, 3.8) is 0 Å². The summed E-state index contributed by atoms with van der Waals surface area (Å²) in [5.41, 5.74) is 5.83. The zero-order valence-electron chi connectivity index (χ0n) is 14.2. The maximum atomic E-state index is 4.88. The van der Waals surface area contributed by atoms with Gasteiger partial charge in [-0.2, -0.15) is 5.10 Å². The van der Waals surface area contributed by atoms with Crippen LogP contribution < -0.4 is 5.32 Å². The summed E-state index contributed by atoms with van der Waals surface area (Å²) in [6.07, 6.45) is 3.51. The van der Waals surface area contributed by atoms with E-state index in [1.54, 1.807) is 0 Å². The molecule has 0 spiro atoms. The number of aromatic nitrogens is 3. The molecule has 0 radical (unpaired) electrons. The minimum absolute atomic E-state index is 0.312. The summed E-state index contributed by atoms with van der Waals surface area (Å²) in [4.78, 5) is 4.88. The highest BCUT2D eigenvalue weighted by Gasteiger charge is 2.21. The van der Waals surface area contributed by atoms with Gasteiger partial charge in [0.2, 0.25) is 0 Å². The number of para-hydroxylation sites is 1. The van der Waals surface area contributed by atoms with Gasteiger partial charge < -0.3 is 5.32 Å². The molecule has 1 aliphatic carbocycles. The fourth-order valence-electron chi connectivity index (χ4n) is 3.96. The summed E-state index contributed by atoms with van der Waals surface area (Å²) >= 11 is 0. The molecule has 0 fully saturated rings. The monoisotopic (exact) mass is 328 g/mol. The van der Waals surface area contributed by atoms with Gasteiger partial charge in [0.05, 0.1) is 17.3 Å². The zero-order chi connectivity index (χ0) is 16.8. The Bertz CT molecular complexity index is 1080. The van der Waals surface area contributed by atoms with Gasteiger partial charge in [0.1, 0.15) is 5.82 Å². The summed E-state index contributed by atoms with van der Waals surface area (Å²) in [5.74, 6) is 0.949. The molecule has 4 nitrogen and oxygen atoms in total. The maximum absolute atomic E-state index is 4.88. The Labute approximate surface area is 146 Å². The molecule has 4 heteroatoms. The number of benzene rings is 2. The molecule has 2 aromatic heterocycles. The van der Waals surface area contributed by atoms with Crippen molar-refractivity contribution >= 4 is 22.4 Å². The van der Waals surface area contributed by atoms with Gasteiger partial charge in [0.25, 0.3) is 0 Å². The number of hydrogen-bond donors (Lipinski definition) is 1. The molecule has 5 rings (SSSR count). The van der Waals surface area contributed by atoms with Crippen molar-refractivity contribution in [2.45, 2.75) is 32.2 Å². The van der Waals surface area contributed by atoms with Gasteiger partial charge in [-0.15, -0.1) is 0 Å². The molecule has 0 amide bonds. The summed E-state index contributed by atoms with van der Waals surface area (Å²) in [6, 6.07) is 19.5. The van der Waals surface area contributed by atoms with Crippen LogP contribution in [-0.4, -0.2) is 14.6 Å². The largest absolute Gasteiger partial charge is 0.363 e. The summed E-state index contributed by atoms with van der Waals surface area (Å²) in [5, 5.41) is 9.43. The van der Waals surface area contributed by atoms with Gasteiger partial charge in [-0.25, -0.2) is 9.50 Å². The highest BCUT2D eigenvalue weighted by atomic mass is 15.3. The van der Waals surface area contributed by atoms with E-state index in [1.165, 1.54) is 24.0 Å². The molecular formula is C21H20N4. The lowest BCUT2D eigenvalue weighted by molar-refractivity contribution is 0.599. The Kier molecular flexibility index (Phi) is 3.23. The van der Waals surface area contributed by atoms with E-state index in [0.29, 0.717) is 6.04 Å². The first-order valence-corrected chi connectivity index (χ1v) is 8.89. The van der Waals surface area contributed by atoms with Crippen molar-refractivity contribution in [2.75, 3.05) is 5.32 Å². The lowest BCUT2D eigenvalue weighted by atomic mass is 9.88. The van der Waals surface area contributed by atoms with Crippen molar-refractivity contribution in [1.29, 1.82) is 0 Å². The van der Waals surface area contributed by atoms with Crippen molar-refractivity contribution < 1.29 is 0 Å². The van der Waals surface area contributed by atoms with Crippen LogP contribution in [0.5, 0.6) is 0 Å². The Morgan fingerprint density at radius 1 is 1.08 bits per heavy atom. The highest BCUT2D eigenvalue weighted by molar-refractivity contribution is 5.91. The lowest BCUT2D eigenvalue weighted by Crippen LogP contribution is -2.18. The van der Waals surface area contributed by atoms with Crippen LogP contribution in [0.3, 0.4) is 0 Å². The topological polar surface area (TPSA) is 42.2 Å². The standard InChI is InChI=1S/C21H20N4/c1-14-13-20-23-21(17-10-4-5-12-19(17)25(20)24-14)22-18-11-6-8-15-7-2-3-9-16(15)18/h2-5,7,9-10,12-13,18H,6,8,11H2,1H3,(H,22,23)/t18-/m0/s1. The predicted molar refractivity (Wildman–Crippen MR) is 101 cm³/mol. The number of nitrogens with zero attached hydrogens (tertiary/aromatic N) is 3. The Morgan fingerprint density at radius 3 is 2.88 bits per heavy atom. The van der Waals surface area contributed by atoms with E-state index < -0.39 is 0 Å². The molecule has 2 aromatic carbocycles. The first-order chi connectivity index (χ1) is 12.3. The van der Waals surface area contributed by atoms with Crippen molar-refractivity contribution in [1.82, 2.24) is 14.6 Å². The van der Waals surface area contributed by atoms with Crippen LogP contribution in [0.25, 0.3) is 16.6 Å². The Hall–Kier alpha value is -2.88. The average molecular weight is 328 g/mol. The molecule has 4 aromatic rings. The SMILES string of the molecule is Cc1cc2nc(N[C@H]3CCCc4ccccc43)c3ccccc3n2n1. The molecule has 124 valence electrons. The summed E-state index contributed by atoms with van der Waals surface area (Å²) in [6.45, 7) is 2.01. The molecule has 2 heterocycles. The second-order valence-electron chi connectivity index (χ2n) is 6.82.